The van der Waals surface area contributed by atoms with Crippen LogP contribution in [0.25, 0.3) is 0 Å². The second-order valence-corrected chi connectivity index (χ2v) is 5.09. The lowest BCUT2D eigenvalue weighted by molar-refractivity contribution is 0.0953. The van der Waals surface area contributed by atoms with Gasteiger partial charge >= 0.3 is 0 Å². The molecule has 0 spiro atoms. The first-order valence-corrected chi connectivity index (χ1v) is 7.83. The average Bonchev–Trinajstić information content (AvgIpc) is 2.57. The number of para-hydroxylation sites is 1. The lowest BCUT2D eigenvalue weighted by Crippen LogP contribution is -2.25. The Labute approximate surface area is 132 Å². The summed E-state index contributed by atoms with van der Waals surface area (Å²) in [5.41, 5.74) is 1.72. The third-order valence-electron chi connectivity index (χ3n) is 3.48. The van der Waals surface area contributed by atoms with Crippen molar-refractivity contribution in [2.45, 2.75) is 26.7 Å². The van der Waals surface area contributed by atoms with Crippen LogP contribution < -0.4 is 10.2 Å². The van der Waals surface area contributed by atoms with E-state index in [2.05, 4.69) is 29.0 Å². The molecule has 0 unspecified atom stereocenters. The average molecular weight is 297 g/mol. The molecular weight excluding hydrogens is 274 g/mol. The molecule has 1 N–H and O–H groups in total. The molecule has 0 saturated carbocycles. The fourth-order valence-corrected chi connectivity index (χ4v) is 2.27. The summed E-state index contributed by atoms with van der Waals surface area (Å²) in [5, 5.41) is 2.94. The first-order valence-electron chi connectivity index (χ1n) is 7.83. The molecule has 1 heterocycles. The van der Waals surface area contributed by atoms with E-state index in [0.29, 0.717) is 12.1 Å². The Kier molecular flexibility index (Phi) is 5.95. The van der Waals surface area contributed by atoms with Crippen molar-refractivity contribution in [2.75, 3.05) is 18.0 Å². The van der Waals surface area contributed by atoms with Crippen LogP contribution in [0, 0.1) is 0 Å². The van der Waals surface area contributed by atoms with Gasteiger partial charge in [-0.1, -0.05) is 31.5 Å². The molecule has 4 nitrogen and oxygen atoms in total. The van der Waals surface area contributed by atoms with E-state index < -0.39 is 0 Å². The number of carbonyl (C=O) groups is 1. The molecule has 0 atom stereocenters. The summed E-state index contributed by atoms with van der Waals surface area (Å²) in [6.07, 6.45) is 3.75. The number of nitrogens with zero attached hydrogens (tertiary/aromatic N) is 2. The molecule has 1 aromatic heterocycles. The Morgan fingerprint density at radius 1 is 1.18 bits per heavy atom. The van der Waals surface area contributed by atoms with Crippen LogP contribution in [-0.4, -0.2) is 24.0 Å². The Morgan fingerprint density at radius 2 is 1.95 bits per heavy atom. The van der Waals surface area contributed by atoms with Crippen molar-refractivity contribution in [3.05, 3.63) is 54.2 Å². The molecule has 0 saturated heterocycles. The summed E-state index contributed by atoms with van der Waals surface area (Å²) in [7, 11) is 0. The molecule has 0 fully saturated rings. The molecule has 2 rings (SSSR count). The molecule has 22 heavy (non-hydrogen) atoms. The van der Waals surface area contributed by atoms with Gasteiger partial charge in [-0.2, -0.15) is 0 Å². The first-order chi connectivity index (χ1) is 10.8. The van der Waals surface area contributed by atoms with Gasteiger partial charge in [0.1, 0.15) is 5.82 Å². The smallest absolute Gasteiger partial charge is 0.251 e. The molecule has 0 bridgehead atoms. The van der Waals surface area contributed by atoms with Gasteiger partial charge < -0.3 is 10.2 Å². The van der Waals surface area contributed by atoms with Crippen molar-refractivity contribution in [1.29, 1.82) is 0 Å². The van der Waals surface area contributed by atoms with Crippen LogP contribution in [0.15, 0.2) is 48.7 Å². The number of aromatic nitrogens is 1. The van der Waals surface area contributed by atoms with Gasteiger partial charge in [0.15, 0.2) is 0 Å². The Morgan fingerprint density at radius 3 is 2.64 bits per heavy atom. The van der Waals surface area contributed by atoms with Gasteiger partial charge in [0.05, 0.1) is 0 Å². The molecular formula is C18H23N3O. The van der Waals surface area contributed by atoms with Crippen molar-refractivity contribution < 1.29 is 4.79 Å². The van der Waals surface area contributed by atoms with Crippen molar-refractivity contribution in [1.82, 2.24) is 10.3 Å². The lowest BCUT2D eigenvalue weighted by Gasteiger charge is -2.22. The van der Waals surface area contributed by atoms with Crippen molar-refractivity contribution in [2.24, 2.45) is 0 Å². The van der Waals surface area contributed by atoms with Crippen LogP contribution in [0.5, 0.6) is 0 Å². The summed E-state index contributed by atoms with van der Waals surface area (Å²) in [6.45, 7) is 5.68. The zero-order chi connectivity index (χ0) is 15.8. The van der Waals surface area contributed by atoms with E-state index in [0.717, 1.165) is 30.9 Å². The lowest BCUT2D eigenvalue weighted by atomic mass is 10.2. The Bertz CT molecular complexity index is 598. The van der Waals surface area contributed by atoms with E-state index in [4.69, 9.17) is 0 Å². The highest BCUT2D eigenvalue weighted by molar-refractivity contribution is 5.94. The molecule has 0 aliphatic rings. The Hall–Kier alpha value is -2.36. The highest BCUT2D eigenvalue weighted by atomic mass is 16.1. The fraction of sp³-hybridized carbons (Fsp3) is 0.333. The minimum atomic E-state index is -0.0405. The molecule has 0 aliphatic heterocycles. The van der Waals surface area contributed by atoms with Crippen LogP contribution in [0.2, 0.25) is 0 Å². The maximum Gasteiger partial charge on any atom is 0.251 e. The van der Waals surface area contributed by atoms with E-state index in [1.165, 1.54) is 0 Å². The third kappa shape index (κ3) is 4.07. The summed E-state index contributed by atoms with van der Waals surface area (Å²) in [5.74, 6) is 0.748. The fourth-order valence-electron chi connectivity index (χ4n) is 2.27. The quantitative estimate of drug-likeness (QED) is 0.791. The van der Waals surface area contributed by atoms with E-state index in [9.17, 15) is 4.79 Å². The zero-order valence-corrected chi connectivity index (χ0v) is 13.2. The van der Waals surface area contributed by atoms with Crippen LogP contribution in [0.1, 0.15) is 37.0 Å². The summed E-state index contributed by atoms with van der Waals surface area (Å²) in [4.78, 5) is 18.7. The monoisotopic (exact) mass is 297 g/mol. The van der Waals surface area contributed by atoms with Crippen LogP contribution >= 0.6 is 0 Å². The van der Waals surface area contributed by atoms with Gasteiger partial charge in [0.2, 0.25) is 0 Å². The second kappa shape index (κ2) is 8.17. The number of benzene rings is 1. The largest absolute Gasteiger partial charge is 0.352 e. The van der Waals surface area contributed by atoms with Crippen LogP contribution in [0.4, 0.5) is 11.5 Å². The van der Waals surface area contributed by atoms with Gasteiger partial charge in [-0.25, -0.2) is 4.98 Å². The first kappa shape index (κ1) is 16.0. The highest BCUT2D eigenvalue weighted by Crippen LogP contribution is 2.23. The van der Waals surface area contributed by atoms with E-state index in [1.807, 2.05) is 36.4 Å². The summed E-state index contributed by atoms with van der Waals surface area (Å²) >= 11 is 0. The van der Waals surface area contributed by atoms with Crippen molar-refractivity contribution in [3.63, 3.8) is 0 Å². The van der Waals surface area contributed by atoms with Crippen molar-refractivity contribution in [3.8, 4) is 0 Å². The topological polar surface area (TPSA) is 45.2 Å². The SMILES string of the molecule is CCCCNC(=O)c1ccnc(N(CC)c2ccccc2)c1. The number of carbonyl (C=O) groups excluding carboxylic acids is 1. The van der Waals surface area contributed by atoms with Gasteiger partial charge in [-0.3, -0.25) is 4.79 Å². The third-order valence-corrected chi connectivity index (χ3v) is 3.48. The minimum absolute atomic E-state index is 0.0405. The summed E-state index contributed by atoms with van der Waals surface area (Å²) in [6, 6.07) is 13.7. The van der Waals surface area contributed by atoms with Crippen molar-refractivity contribution >= 4 is 17.4 Å². The number of rotatable bonds is 7. The Balaban J connectivity index is 2.18. The zero-order valence-electron chi connectivity index (χ0n) is 13.2. The molecule has 116 valence electrons. The molecule has 2 aromatic rings. The number of pyridine rings is 1. The number of anilines is 2. The van der Waals surface area contributed by atoms with Gasteiger partial charge in [-0.05, 0) is 37.6 Å². The summed E-state index contributed by atoms with van der Waals surface area (Å²) < 4.78 is 0. The van der Waals surface area contributed by atoms with E-state index in [-0.39, 0.29) is 5.91 Å². The number of amides is 1. The number of hydrogen-bond acceptors (Lipinski definition) is 3. The molecule has 1 aromatic carbocycles. The number of nitrogens with one attached hydrogen (secondary N) is 1. The van der Waals surface area contributed by atoms with Crippen LogP contribution in [0.3, 0.4) is 0 Å². The molecule has 0 radical (unpaired) electrons. The van der Waals surface area contributed by atoms with Crippen LogP contribution in [-0.2, 0) is 0 Å². The second-order valence-electron chi connectivity index (χ2n) is 5.09. The van der Waals surface area contributed by atoms with Gasteiger partial charge in [0.25, 0.3) is 5.91 Å². The predicted molar refractivity (Wildman–Crippen MR) is 90.6 cm³/mol. The minimum Gasteiger partial charge on any atom is -0.352 e. The number of unbranched alkanes of at least 4 members (excludes halogenated alkanes) is 1. The maximum absolute atomic E-state index is 12.2. The highest BCUT2D eigenvalue weighted by Gasteiger charge is 2.11. The van der Waals surface area contributed by atoms with E-state index in [1.54, 1.807) is 12.3 Å². The van der Waals surface area contributed by atoms with E-state index >= 15 is 0 Å². The van der Waals surface area contributed by atoms with Gasteiger partial charge in [-0.15, -0.1) is 0 Å². The molecule has 4 heteroatoms. The molecule has 0 aliphatic carbocycles. The standard InChI is InChI=1S/C18H23N3O/c1-3-5-12-20-18(22)15-11-13-19-17(14-15)21(4-2)16-9-7-6-8-10-16/h6-11,13-14H,3-5,12H2,1-2H3,(H,20,22). The number of hydrogen-bond donors (Lipinski definition) is 1. The molecule has 1 amide bonds. The van der Waals surface area contributed by atoms with Gasteiger partial charge in [0, 0.05) is 30.5 Å². The normalized spacial score (nSPS) is 10.3. The maximum atomic E-state index is 12.2. The predicted octanol–water partition coefficient (Wildman–Crippen LogP) is 3.77.